The van der Waals surface area contributed by atoms with Crippen LogP contribution in [0.5, 0.6) is 0 Å². The summed E-state index contributed by atoms with van der Waals surface area (Å²) in [5, 5.41) is 3.13. The number of ether oxygens (including phenoxy) is 1. The molecule has 0 bridgehead atoms. The Morgan fingerprint density at radius 3 is 2.58 bits per heavy atom. The first-order chi connectivity index (χ1) is 5.66. The predicted molar refractivity (Wildman–Crippen MR) is 52.5 cm³/mol. The predicted octanol–water partition coefficient (Wildman–Crippen LogP) is 0.420. The third kappa shape index (κ3) is 7.98. The third-order valence-corrected chi connectivity index (χ3v) is 1.64. The number of nitrogens with zero attached hydrogens (tertiary/aromatic N) is 1. The van der Waals surface area contributed by atoms with Crippen LogP contribution in [0.2, 0.25) is 0 Å². The Labute approximate surface area is 76.1 Å². The molecule has 74 valence electrons. The fourth-order valence-electron chi connectivity index (χ4n) is 0.939. The fourth-order valence-corrected chi connectivity index (χ4v) is 0.939. The second-order valence-electron chi connectivity index (χ2n) is 3.54. The zero-order valence-corrected chi connectivity index (χ0v) is 8.76. The molecule has 0 aromatic rings. The molecule has 3 heteroatoms. The van der Waals surface area contributed by atoms with Gasteiger partial charge in [0.05, 0.1) is 13.2 Å². The number of hydrogen-bond acceptors (Lipinski definition) is 3. The molecule has 1 N–H and O–H groups in total. The summed E-state index contributed by atoms with van der Waals surface area (Å²) >= 11 is 0. The van der Waals surface area contributed by atoms with Crippen molar-refractivity contribution < 1.29 is 4.74 Å². The molecular weight excluding hydrogens is 152 g/mol. The number of hydrogen-bond donors (Lipinski definition) is 1. The highest BCUT2D eigenvalue weighted by atomic mass is 16.5. The second kappa shape index (κ2) is 7.53. The van der Waals surface area contributed by atoms with E-state index >= 15 is 0 Å². The number of rotatable bonds is 7. The molecule has 0 aromatic carbocycles. The lowest BCUT2D eigenvalue weighted by atomic mass is 10.2. The summed E-state index contributed by atoms with van der Waals surface area (Å²) in [7, 11) is 6.08. The Bertz CT molecular complexity index is 96.5. The van der Waals surface area contributed by atoms with Crippen LogP contribution in [-0.4, -0.2) is 52.3 Å². The molecule has 0 aromatic heterocycles. The van der Waals surface area contributed by atoms with Crippen LogP contribution in [0.3, 0.4) is 0 Å². The van der Waals surface area contributed by atoms with E-state index in [0.717, 1.165) is 26.3 Å². The molecule has 1 atom stereocenters. The molecule has 12 heavy (non-hydrogen) atoms. The van der Waals surface area contributed by atoms with E-state index in [0.29, 0.717) is 5.92 Å². The Balaban J connectivity index is 3.08. The van der Waals surface area contributed by atoms with Crippen molar-refractivity contribution in [3.8, 4) is 0 Å². The molecule has 3 nitrogen and oxygen atoms in total. The van der Waals surface area contributed by atoms with Crippen molar-refractivity contribution >= 4 is 0 Å². The standard InChI is InChI=1S/C9H22N2O/c1-9(7-10-2)8-12-6-5-11(3)4/h9-10H,5-8H2,1-4H3. The van der Waals surface area contributed by atoms with Gasteiger partial charge in [-0.25, -0.2) is 0 Å². The van der Waals surface area contributed by atoms with E-state index in [-0.39, 0.29) is 0 Å². The normalized spacial score (nSPS) is 13.8. The van der Waals surface area contributed by atoms with E-state index in [1.165, 1.54) is 0 Å². The van der Waals surface area contributed by atoms with Gasteiger partial charge >= 0.3 is 0 Å². The Morgan fingerprint density at radius 1 is 1.42 bits per heavy atom. The molecule has 0 fully saturated rings. The van der Waals surface area contributed by atoms with Gasteiger partial charge in [-0.1, -0.05) is 6.92 Å². The summed E-state index contributed by atoms with van der Waals surface area (Å²) in [5.41, 5.74) is 0. The van der Waals surface area contributed by atoms with Gasteiger partial charge in [0.1, 0.15) is 0 Å². The highest BCUT2D eigenvalue weighted by Gasteiger charge is 1.99. The maximum absolute atomic E-state index is 5.48. The minimum atomic E-state index is 0.608. The largest absolute Gasteiger partial charge is 0.380 e. The van der Waals surface area contributed by atoms with Crippen molar-refractivity contribution in [2.24, 2.45) is 5.92 Å². The lowest BCUT2D eigenvalue weighted by Crippen LogP contribution is -2.23. The van der Waals surface area contributed by atoms with E-state index in [1.807, 2.05) is 7.05 Å². The van der Waals surface area contributed by atoms with Crippen molar-refractivity contribution in [3.63, 3.8) is 0 Å². The van der Waals surface area contributed by atoms with Gasteiger partial charge < -0.3 is 15.0 Å². The van der Waals surface area contributed by atoms with E-state index in [1.54, 1.807) is 0 Å². The van der Waals surface area contributed by atoms with Crippen LogP contribution in [0, 0.1) is 5.92 Å². The van der Waals surface area contributed by atoms with Gasteiger partial charge in [-0.15, -0.1) is 0 Å². The summed E-state index contributed by atoms with van der Waals surface area (Å²) in [6.07, 6.45) is 0. The molecule has 0 aliphatic rings. The molecule has 0 saturated carbocycles. The van der Waals surface area contributed by atoms with E-state index in [4.69, 9.17) is 4.74 Å². The summed E-state index contributed by atoms with van der Waals surface area (Å²) < 4.78 is 5.48. The first-order valence-electron chi connectivity index (χ1n) is 4.54. The van der Waals surface area contributed by atoms with Crippen LogP contribution in [-0.2, 0) is 4.74 Å². The SMILES string of the molecule is CNCC(C)COCCN(C)C. The molecule has 0 saturated heterocycles. The maximum Gasteiger partial charge on any atom is 0.0593 e. The van der Waals surface area contributed by atoms with Gasteiger partial charge in [-0.05, 0) is 33.6 Å². The van der Waals surface area contributed by atoms with Crippen LogP contribution in [0.1, 0.15) is 6.92 Å². The third-order valence-electron chi connectivity index (χ3n) is 1.64. The van der Waals surface area contributed by atoms with Gasteiger partial charge in [-0.3, -0.25) is 0 Å². The molecule has 0 aliphatic carbocycles. The summed E-state index contributed by atoms with van der Waals surface area (Å²) in [4.78, 5) is 2.13. The molecule has 0 spiro atoms. The zero-order valence-electron chi connectivity index (χ0n) is 8.76. The first kappa shape index (κ1) is 11.9. The van der Waals surface area contributed by atoms with Gasteiger partial charge in [0.15, 0.2) is 0 Å². The van der Waals surface area contributed by atoms with Gasteiger partial charge in [0.2, 0.25) is 0 Å². The van der Waals surface area contributed by atoms with Crippen molar-refractivity contribution in [1.29, 1.82) is 0 Å². The van der Waals surface area contributed by atoms with Crippen molar-refractivity contribution in [3.05, 3.63) is 0 Å². The molecular formula is C9H22N2O. The van der Waals surface area contributed by atoms with Gasteiger partial charge in [-0.2, -0.15) is 0 Å². The molecule has 0 aliphatic heterocycles. The fraction of sp³-hybridized carbons (Fsp3) is 1.00. The Hall–Kier alpha value is -0.120. The van der Waals surface area contributed by atoms with Crippen LogP contribution in [0.4, 0.5) is 0 Å². The number of likely N-dealkylation sites (N-methyl/N-ethyl adjacent to an activating group) is 1. The summed E-state index contributed by atoms with van der Waals surface area (Å²) in [5.74, 6) is 0.608. The molecule has 1 unspecified atom stereocenters. The Morgan fingerprint density at radius 2 is 2.08 bits per heavy atom. The maximum atomic E-state index is 5.48. The van der Waals surface area contributed by atoms with Crippen molar-refractivity contribution in [2.45, 2.75) is 6.92 Å². The lowest BCUT2D eigenvalue weighted by Gasteiger charge is -2.13. The van der Waals surface area contributed by atoms with Gasteiger partial charge in [0, 0.05) is 6.54 Å². The topological polar surface area (TPSA) is 24.5 Å². The average Bonchev–Trinajstić information content (AvgIpc) is 1.98. The molecule has 0 heterocycles. The molecule has 0 rings (SSSR count). The van der Waals surface area contributed by atoms with E-state index in [2.05, 4.69) is 31.2 Å². The molecule has 0 amide bonds. The van der Waals surface area contributed by atoms with E-state index < -0.39 is 0 Å². The van der Waals surface area contributed by atoms with Crippen LogP contribution in [0.25, 0.3) is 0 Å². The smallest absolute Gasteiger partial charge is 0.0593 e. The van der Waals surface area contributed by atoms with Crippen LogP contribution >= 0.6 is 0 Å². The summed E-state index contributed by atoms with van der Waals surface area (Å²) in [6, 6.07) is 0. The Kier molecular flexibility index (Phi) is 7.45. The minimum Gasteiger partial charge on any atom is -0.380 e. The van der Waals surface area contributed by atoms with Crippen molar-refractivity contribution in [1.82, 2.24) is 10.2 Å². The molecule has 0 radical (unpaired) electrons. The van der Waals surface area contributed by atoms with Crippen LogP contribution in [0.15, 0.2) is 0 Å². The second-order valence-corrected chi connectivity index (χ2v) is 3.54. The van der Waals surface area contributed by atoms with Gasteiger partial charge in [0.25, 0.3) is 0 Å². The lowest BCUT2D eigenvalue weighted by molar-refractivity contribution is 0.0922. The minimum absolute atomic E-state index is 0.608. The number of nitrogens with one attached hydrogen (secondary N) is 1. The summed E-state index contributed by atoms with van der Waals surface area (Å²) in [6.45, 7) is 5.91. The first-order valence-corrected chi connectivity index (χ1v) is 4.54. The van der Waals surface area contributed by atoms with Crippen LogP contribution < -0.4 is 5.32 Å². The van der Waals surface area contributed by atoms with E-state index in [9.17, 15) is 0 Å². The highest BCUT2D eigenvalue weighted by molar-refractivity contribution is 4.52. The van der Waals surface area contributed by atoms with Crippen molar-refractivity contribution in [2.75, 3.05) is 47.4 Å². The zero-order chi connectivity index (χ0) is 9.40. The monoisotopic (exact) mass is 174 g/mol. The highest BCUT2D eigenvalue weighted by Crippen LogP contribution is 1.92. The quantitative estimate of drug-likeness (QED) is 0.566. The average molecular weight is 174 g/mol.